The van der Waals surface area contributed by atoms with Crippen LogP contribution in [0.4, 0.5) is 11.5 Å². The average molecular weight is 418 g/mol. The number of carbonyl (C=O) groups excluding carboxylic acids is 2. The van der Waals surface area contributed by atoms with Gasteiger partial charge >= 0.3 is 0 Å². The van der Waals surface area contributed by atoms with Gasteiger partial charge in [0.2, 0.25) is 21.8 Å². The number of nitrogens with one attached hydrogen (secondary N) is 1. The number of sulfonamides is 1. The van der Waals surface area contributed by atoms with Gasteiger partial charge in [-0.15, -0.1) is 0 Å². The van der Waals surface area contributed by atoms with Gasteiger partial charge in [0.15, 0.2) is 5.82 Å². The van der Waals surface area contributed by atoms with Crippen molar-refractivity contribution in [2.45, 2.75) is 44.0 Å². The fourth-order valence-corrected chi connectivity index (χ4v) is 5.63. The van der Waals surface area contributed by atoms with Crippen LogP contribution >= 0.6 is 0 Å². The number of hydrogen-bond acceptors (Lipinski definition) is 6. The van der Waals surface area contributed by atoms with Crippen LogP contribution in [0.2, 0.25) is 0 Å². The molecular formula is C19H22N4O5S. The van der Waals surface area contributed by atoms with Gasteiger partial charge in [-0.25, -0.2) is 8.42 Å². The molecule has 1 saturated heterocycles. The lowest BCUT2D eigenvalue weighted by molar-refractivity contribution is -0.119. The summed E-state index contributed by atoms with van der Waals surface area (Å²) < 4.78 is 32.7. The van der Waals surface area contributed by atoms with Gasteiger partial charge in [-0.2, -0.15) is 4.31 Å². The molecule has 1 N–H and O–H groups in total. The van der Waals surface area contributed by atoms with Gasteiger partial charge in [-0.05, 0) is 49.9 Å². The molecule has 3 heterocycles. The summed E-state index contributed by atoms with van der Waals surface area (Å²) in [5, 5.41) is 6.35. The summed E-state index contributed by atoms with van der Waals surface area (Å²) in [5.74, 6) is 0.314. The van der Waals surface area contributed by atoms with Crippen molar-refractivity contribution >= 4 is 33.3 Å². The molecule has 2 aliphatic heterocycles. The summed E-state index contributed by atoms with van der Waals surface area (Å²) in [6.07, 6.45) is 1.64. The number of hydrogen-bond donors (Lipinski definition) is 1. The molecule has 2 aromatic rings. The van der Waals surface area contributed by atoms with E-state index < -0.39 is 22.0 Å². The molecule has 10 heteroatoms. The Morgan fingerprint density at radius 1 is 1.24 bits per heavy atom. The Kier molecular flexibility index (Phi) is 4.91. The average Bonchev–Trinajstić information content (AvgIpc) is 3.40. The summed E-state index contributed by atoms with van der Waals surface area (Å²) >= 11 is 0. The fourth-order valence-electron chi connectivity index (χ4n) is 3.93. The van der Waals surface area contributed by atoms with Crippen molar-refractivity contribution in [1.82, 2.24) is 9.46 Å². The van der Waals surface area contributed by atoms with Gasteiger partial charge in [0.25, 0.3) is 0 Å². The van der Waals surface area contributed by atoms with Crippen LogP contribution in [0, 0.1) is 6.92 Å². The lowest BCUT2D eigenvalue weighted by Crippen LogP contribution is -2.43. The van der Waals surface area contributed by atoms with Crippen LogP contribution in [-0.2, 0) is 26.0 Å². The van der Waals surface area contributed by atoms with Crippen molar-refractivity contribution in [3.8, 4) is 0 Å². The third-order valence-corrected chi connectivity index (χ3v) is 7.22. The van der Waals surface area contributed by atoms with E-state index >= 15 is 0 Å². The first-order valence-electron chi connectivity index (χ1n) is 9.44. The molecule has 1 aromatic heterocycles. The van der Waals surface area contributed by atoms with Crippen LogP contribution in [0.25, 0.3) is 0 Å². The molecule has 0 bridgehead atoms. The number of benzene rings is 1. The first-order chi connectivity index (χ1) is 13.8. The van der Waals surface area contributed by atoms with Gasteiger partial charge in [-0.1, -0.05) is 5.16 Å². The monoisotopic (exact) mass is 418 g/mol. The van der Waals surface area contributed by atoms with E-state index in [0.717, 1.165) is 11.3 Å². The Bertz CT molecular complexity index is 1080. The van der Waals surface area contributed by atoms with E-state index in [9.17, 15) is 18.0 Å². The maximum atomic E-state index is 13.3. The van der Waals surface area contributed by atoms with Gasteiger partial charge in [-0.3, -0.25) is 9.59 Å². The summed E-state index contributed by atoms with van der Waals surface area (Å²) in [6.45, 7) is 4.01. The highest BCUT2D eigenvalue weighted by Crippen LogP contribution is 2.33. The van der Waals surface area contributed by atoms with E-state index in [4.69, 9.17) is 4.52 Å². The van der Waals surface area contributed by atoms with Crippen molar-refractivity contribution in [1.29, 1.82) is 0 Å². The van der Waals surface area contributed by atoms with Crippen LogP contribution in [-0.4, -0.2) is 48.8 Å². The van der Waals surface area contributed by atoms with Gasteiger partial charge in [0.05, 0.1) is 4.90 Å². The summed E-state index contributed by atoms with van der Waals surface area (Å²) in [5.41, 5.74) is 1.56. The van der Waals surface area contributed by atoms with E-state index in [1.165, 1.54) is 17.3 Å². The number of nitrogens with zero attached hydrogens (tertiary/aromatic N) is 3. The van der Waals surface area contributed by atoms with Gasteiger partial charge < -0.3 is 14.7 Å². The maximum Gasteiger partial charge on any atom is 0.244 e. The number of aryl methyl sites for hydroxylation is 1. The molecule has 2 aliphatic rings. The quantitative estimate of drug-likeness (QED) is 0.808. The minimum absolute atomic E-state index is 0.0706. The minimum Gasteiger partial charge on any atom is -0.360 e. The highest BCUT2D eigenvalue weighted by molar-refractivity contribution is 7.89. The van der Waals surface area contributed by atoms with Crippen molar-refractivity contribution in [2.75, 3.05) is 23.3 Å². The molecule has 1 fully saturated rings. The number of carbonyl (C=O) groups is 2. The molecule has 2 amide bonds. The third-order valence-electron chi connectivity index (χ3n) is 5.32. The predicted molar refractivity (Wildman–Crippen MR) is 105 cm³/mol. The zero-order chi connectivity index (χ0) is 20.8. The lowest BCUT2D eigenvalue weighted by atomic mass is 10.2. The summed E-state index contributed by atoms with van der Waals surface area (Å²) in [7, 11) is -3.85. The minimum atomic E-state index is -3.85. The van der Waals surface area contributed by atoms with Crippen molar-refractivity contribution < 1.29 is 22.5 Å². The molecule has 9 nitrogen and oxygen atoms in total. The molecule has 0 spiro atoms. The smallest absolute Gasteiger partial charge is 0.244 e. The number of anilines is 2. The van der Waals surface area contributed by atoms with Gasteiger partial charge in [0, 0.05) is 31.8 Å². The van der Waals surface area contributed by atoms with E-state index in [1.807, 2.05) is 0 Å². The number of fused-ring (bicyclic) bond motifs is 1. The highest BCUT2D eigenvalue weighted by Gasteiger charge is 2.40. The molecule has 4 rings (SSSR count). The number of rotatable bonds is 4. The van der Waals surface area contributed by atoms with Crippen molar-refractivity contribution in [3.05, 3.63) is 35.6 Å². The highest BCUT2D eigenvalue weighted by atomic mass is 32.2. The second-order valence-electron chi connectivity index (χ2n) is 7.30. The van der Waals surface area contributed by atoms with Crippen LogP contribution in [0.5, 0.6) is 0 Å². The zero-order valence-electron chi connectivity index (χ0n) is 16.2. The SMILES string of the molecule is CC(=O)N1CCc2cc(S(=O)(=O)N3CCCC3C(=O)Nc3cc(C)on3)ccc21. The maximum absolute atomic E-state index is 13.3. The lowest BCUT2D eigenvalue weighted by Gasteiger charge is -2.23. The molecule has 1 atom stereocenters. The topological polar surface area (TPSA) is 113 Å². The number of aromatic nitrogens is 1. The first kappa shape index (κ1) is 19.6. The zero-order valence-corrected chi connectivity index (χ0v) is 17.0. The van der Waals surface area contributed by atoms with Gasteiger partial charge in [0.1, 0.15) is 11.8 Å². The molecule has 1 aromatic carbocycles. The molecule has 0 aliphatic carbocycles. The predicted octanol–water partition coefficient (Wildman–Crippen LogP) is 1.68. The van der Waals surface area contributed by atoms with Crippen LogP contribution < -0.4 is 10.2 Å². The Hall–Kier alpha value is -2.72. The van der Waals surface area contributed by atoms with E-state index in [-0.39, 0.29) is 23.2 Å². The molecule has 154 valence electrons. The van der Waals surface area contributed by atoms with Crippen LogP contribution in [0.15, 0.2) is 33.7 Å². The second kappa shape index (κ2) is 7.27. The van der Waals surface area contributed by atoms with Crippen LogP contribution in [0.3, 0.4) is 0 Å². The molecule has 0 radical (unpaired) electrons. The Labute approximate surface area is 168 Å². The molecule has 29 heavy (non-hydrogen) atoms. The van der Waals surface area contributed by atoms with Crippen LogP contribution in [0.1, 0.15) is 31.1 Å². The molecule has 0 saturated carbocycles. The Morgan fingerprint density at radius 2 is 2.03 bits per heavy atom. The Balaban J connectivity index is 1.58. The largest absolute Gasteiger partial charge is 0.360 e. The standard InChI is InChI=1S/C19H22N4O5S/c1-12-10-18(21-28-12)20-19(25)17-4-3-8-23(17)29(26,27)15-5-6-16-14(11-15)7-9-22(16)13(2)24/h5-6,10-11,17H,3-4,7-9H2,1-2H3,(H,20,21,25). The third kappa shape index (κ3) is 3.53. The summed E-state index contributed by atoms with van der Waals surface area (Å²) in [4.78, 5) is 26.2. The van der Waals surface area contributed by atoms with E-state index in [0.29, 0.717) is 31.6 Å². The molecular weight excluding hydrogens is 396 g/mol. The van der Waals surface area contributed by atoms with Crippen molar-refractivity contribution in [2.24, 2.45) is 0 Å². The van der Waals surface area contributed by atoms with E-state index in [2.05, 4.69) is 10.5 Å². The summed E-state index contributed by atoms with van der Waals surface area (Å²) in [6, 6.07) is 5.55. The van der Waals surface area contributed by atoms with E-state index in [1.54, 1.807) is 30.0 Å². The molecule has 1 unspecified atom stereocenters. The Morgan fingerprint density at radius 3 is 2.72 bits per heavy atom. The number of amides is 2. The fraction of sp³-hybridized carbons (Fsp3) is 0.421. The van der Waals surface area contributed by atoms with Crippen molar-refractivity contribution in [3.63, 3.8) is 0 Å². The first-order valence-corrected chi connectivity index (χ1v) is 10.9. The second-order valence-corrected chi connectivity index (χ2v) is 9.19. The normalized spacial score (nSPS) is 19.4.